The molecule has 0 spiro atoms. The average Bonchev–Trinajstić information content (AvgIpc) is 3.18. The molecule has 1 saturated heterocycles. The maximum atomic E-state index is 12.1. The molecule has 3 rings (SSSR count). The number of anilines is 1. The summed E-state index contributed by atoms with van der Waals surface area (Å²) in [5, 5.41) is 7.15. The number of rotatable bonds is 6. The Morgan fingerprint density at radius 3 is 2.75 bits per heavy atom. The lowest BCUT2D eigenvalue weighted by molar-refractivity contribution is -0.122. The highest BCUT2D eigenvalue weighted by molar-refractivity contribution is 5.91. The third-order valence-electron chi connectivity index (χ3n) is 4.14. The number of carbonyl (C=O) groups is 2. The summed E-state index contributed by atoms with van der Waals surface area (Å²) in [6, 6.07) is 11.8. The summed E-state index contributed by atoms with van der Waals surface area (Å²) >= 11 is 0. The van der Waals surface area contributed by atoms with Crippen molar-refractivity contribution in [1.82, 2.24) is 14.7 Å². The normalized spacial score (nSPS) is 17.8. The van der Waals surface area contributed by atoms with Gasteiger partial charge in [-0.1, -0.05) is 30.3 Å². The van der Waals surface area contributed by atoms with Gasteiger partial charge < -0.3 is 11.1 Å². The maximum Gasteiger partial charge on any atom is 0.239 e. The van der Waals surface area contributed by atoms with Crippen LogP contribution in [-0.2, 0) is 16.1 Å². The quantitative estimate of drug-likeness (QED) is 0.816. The van der Waals surface area contributed by atoms with Gasteiger partial charge in [0.1, 0.15) is 0 Å². The molecule has 0 bridgehead atoms. The summed E-state index contributed by atoms with van der Waals surface area (Å²) in [4.78, 5) is 25.2. The van der Waals surface area contributed by atoms with Crippen LogP contribution >= 0.6 is 0 Å². The molecule has 2 amide bonds. The van der Waals surface area contributed by atoms with Gasteiger partial charge in [-0.3, -0.25) is 19.2 Å². The minimum absolute atomic E-state index is 0.134. The van der Waals surface area contributed by atoms with Crippen LogP contribution in [0.1, 0.15) is 12.0 Å². The van der Waals surface area contributed by atoms with Crippen molar-refractivity contribution in [3.63, 3.8) is 0 Å². The summed E-state index contributed by atoms with van der Waals surface area (Å²) in [7, 11) is 0. The number of aromatic nitrogens is 2. The highest BCUT2D eigenvalue weighted by Crippen LogP contribution is 2.15. The number of nitrogens with one attached hydrogen (secondary N) is 1. The van der Waals surface area contributed by atoms with E-state index in [1.807, 2.05) is 41.4 Å². The molecule has 1 fully saturated rings. The van der Waals surface area contributed by atoms with E-state index in [0.29, 0.717) is 31.9 Å². The Morgan fingerprint density at radius 1 is 1.25 bits per heavy atom. The van der Waals surface area contributed by atoms with E-state index in [-0.39, 0.29) is 24.3 Å². The number of nitrogens with zero attached hydrogens (tertiary/aromatic N) is 3. The molecular formula is C17H21N5O2. The monoisotopic (exact) mass is 327 g/mol. The molecule has 0 saturated carbocycles. The Morgan fingerprint density at radius 2 is 2.04 bits per heavy atom. The minimum Gasteiger partial charge on any atom is -0.369 e. The fourth-order valence-electron chi connectivity index (χ4n) is 2.88. The van der Waals surface area contributed by atoms with Crippen LogP contribution in [0.3, 0.4) is 0 Å². The van der Waals surface area contributed by atoms with E-state index in [4.69, 9.17) is 5.73 Å². The smallest absolute Gasteiger partial charge is 0.239 e. The molecular weight excluding hydrogens is 306 g/mol. The Balaban J connectivity index is 1.49. The number of amides is 2. The van der Waals surface area contributed by atoms with E-state index in [9.17, 15) is 9.59 Å². The van der Waals surface area contributed by atoms with Gasteiger partial charge in [-0.2, -0.15) is 5.10 Å². The van der Waals surface area contributed by atoms with Crippen molar-refractivity contribution in [1.29, 1.82) is 0 Å². The van der Waals surface area contributed by atoms with Crippen LogP contribution in [0, 0.1) is 5.92 Å². The molecule has 126 valence electrons. The molecule has 7 nitrogen and oxygen atoms in total. The number of primary amides is 1. The molecule has 24 heavy (non-hydrogen) atoms. The Hall–Kier alpha value is -2.67. The van der Waals surface area contributed by atoms with Crippen molar-refractivity contribution < 1.29 is 9.59 Å². The van der Waals surface area contributed by atoms with Gasteiger partial charge in [-0.25, -0.2) is 0 Å². The van der Waals surface area contributed by atoms with E-state index in [1.165, 1.54) is 0 Å². The second kappa shape index (κ2) is 7.27. The molecule has 0 radical (unpaired) electrons. The number of hydrogen-bond acceptors (Lipinski definition) is 4. The number of likely N-dealkylation sites (tertiary alicyclic amines) is 1. The molecule has 1 atom stereocenters. The van der Waals surface area contributed by atoms with Crippen LogP contribution in [0.25, 0.3) is 0 Å². The Labute approximate surface area is 140 Å². The number of benzene rings is 1. The van der Waals surface area contributed by atoms with Crippen molar-refractivity contribution in [2.75, 3.05) is 25.0 Å². The summed E-state index contributed by atoms with van der Waals surface area (Å²) in [5.41, 5.74) is 6.45. The van der Waals surface area contributed by atoms with Crippen molar-refractivity contribution in [2.24, 2.45) is 11.7 Å². The summed E-state index contributed by atoms with van der Waals surface area (Å²) in [5.74, 6) is -0.0490. The Bertz CT molecular complexity index is 713. The first-order chi connectivity index (χ1) is 11.6. The van der Waals surface area contributed by atoms with Gasteiger partial charge in [-0.15, -0.1) is 0 Å². The van der Waals surface area contributed by atoms with E-state index in [2.05, 4.69) is 10.4 Å². The largest absolute Gasteiger partial charge is 0.369 e. The van der Waals surface area contributed by atoms with E-state index in [1.54, 1.807) is 10.7 Å². The highest BCUT2D eigenvalue weighted by atomic mass is 16.2. The van der Waals surface area contributed by atoms with E-state index >= 15 is 0 Å². The van der Waals surface area contributed by atoms with Crippen molar-refractivity contribution in [3.8, 4) is 0 Å². The van der Waals surface area contributed by atoms with Crippen molar-refractivity contribution in [2.45, 2.75) is 13.0 Å². The van der Waals surface area contributed by atoms with Gasteiger partial charge in [-0.05, 0) is 18.5 Å². The number of nitrogens with two attached hydrogens (primary N) is 1. The van der Waals surface area contributed by atoms with Crippen LogP contribution in [0.5, 0.6) is 0 Å². The third kappa shape index (κ3) is 4.20. The second-order valence-corrected chi connectivity index (χ2v) is 6.06. The second-order valence-electron chi connectivity index (χ2n) is 6.06. The average molecular weight is 327 g/mol. The third-order valence-corrected chi connectivity index (χ3v) is 4.14. The maximum absolute atomic E-state index is 12.1. The first-order valence-electron chi connectivity index (χ1n) is 7.99. The van der Waals surface area contributed by atoms with Gasteiger partial charge >= 0.3 is 0 Å². The van der Waals surface area contributed by atoms with Crippen LogP contribution < -0.4 is 11.1 Å². The van der Waals surface area contributed by atoms with Gasteiger partial charge in [0.15, 0.2) is 5.82 Å². The van der Waals surface area contributed by atoms with Crippen molar-refractivity contribution in [3.05, 3.63) is 48.2 Å². The molecule has 0 unspecified atom stereocenters. The predicted molar refractivity (Wildman–Crippen MR) is 90.1 cm³/mol. The molecule has 3 N–H and O–H groups in total. The van der Waals surface area contributed by atoms with Crippen LogP contribution in [0.15, 0.2) is 42.6 Å². The molecule has 7 heteroatoms. The highest BCUT2D eigenvalue weighted by Gasteiger charge is 2.27. The molecule has 2 heterocycles. The summed E-state index contributed by atoms with van der Waals surface area (Å²) < 4.78 is 1.78. The molecule has 2 aromatic rings. The van der Waals surface area contributed by atoms with Crippen LogP contribution in [-0.4, -0.2) is 46.1 Å². The van der Waals surface area contributed by atoms with Gasteiger partial charge in [0.2, 0.25) is 11.8 Å². The topological polar surface area (TPSA) is 93.3 Å². The lowest BCUT2D eigenvalue weighted by Gasteiger charge is -2.14. The molecule has 1 aromatic carbocycles. The first-order valence-corrected chi connectivity index (χ1v) is 7.99. The van der Waals surface area contributed by atoms with Crippen LogP contribution in [0.4, 0.5) is 5.82 Å². The number of hydrogen-bond donors (Lipinski definition) is 2. The molecule has 1 aromatic heterocycles. The standard InChI is InChI=1S/C17H21N5O2/c18-17(24)14-6-8-21(11-14)12-16(23)19-15-7-9-22(20-15)10-13-4-2-1-3-5-13/h1-5,7,9,14H,6,8,10-12H2,(H2,18,24)(H,19,20,23)/t14-/m1/s1. The number of carbonyl (C=O) groups excluding carboxylic acids is 2. The van der Waals surface area contributed by atoms with E-state index < -0.39 is 0 Å². The lowest BCUT2D eigenvalue weighted by atomic mass is 10.1. The van der Waals surface area contributed by atoms with E-state index in [0.717, 1.165) is 5.56 Å². The fraction of sp³-hybridized carbons (Fsp3) is 0.353. The minimum atomic E-state index is -0.294. The van der Waals surface area contributed by atoms with Gasteiger partial charge in [0, 0.05) is 18.8 Å². The van der Waals surface area contributed by atoms with Gasteiger partial charge in [0.25, 0.3) is 0 Å². The SMILES string of the molecule is NC(=O)[C@@H]1CCN(CC(=O)Nc2ccn(Cc3ccccc3)n2)C1. The zero-order chi connectivity index (χ0) is 16.9. The summed E-state index contributed by atoms with van der Waals surface area (Å²) in [6.45, 7) is 2.16. The molecule has 1 aliphatic heterocycles. The fourth-order valence-corrected chi connectivity index (χ4v) is 2.88. The predicted octanol–water partition coefficient (Wildman–Crippen LogP) is 0.677. The molecule has 0 aliphatic carbocycles. The zero-order valence-electron chi connectivity index (χ0n) is 13.4. The van der Waals surface area contributed by atoms with Gasteiger partial charge in [0.05, 0.1) is 19.0 Å². The first kappa shape index (κ1) is 16.2. The Kier molecular flexibility index (Phi) is 4.90. The molecule has 1 aliphatic rings. The van der Waals surface area contributed by atoms with Crippen molar-refractivity contribution >= 4 is 17.6 Å². The van der Waals surface area contributed by atoms with Crippen LogP contribution in [0.2, 0.25) is 0 Å². The lowest BCUT2D eigenvalue weighted by Crippen LogP contribution is -2.33. The zero-order valence-corrected chi connectivity index (χ0v) is 13.4. The summed E-state index contributed by atoms with van der Waals surface area (Å²) in [6.07, 6.45) is 2.55.